The highest BCUT2D eigenvalue weighted by Crippen LogP contribution is 2.76. The number of aliphatic carboxylic acids is 1. The summed E-state index contributed by atoms with van der Waals surface area (Å²) in [6, 6.07) is 4.83. The van der Waals surface area contributed by atoms with Gasteiger partial charge >= 0.3 is 17.9 Å². The number of aliphatic hydroxyl groups is 16. The monoisotopic (exact) mass is 1460 g/mol. The fourth-order valence-electron chi connectivity index (χ4n) is 19.0. The lowest BCUT2D eigenvalue weighted by molar-refractivity contribution is -0.392. The predicted octanol–water partition coefficient (Wildman–Crippen LogP) is -3.30. The molecule has 33 heteroatoms. The summed E-state index contributed by atoms with van der Waals surface area (Å²) in [4.78, 5) is 43.6. The second kappa shape index (κ2) is 30.0. The number of carbonyl (C=O) groups is 3. The molecule has 11 rings (SSSR count). The first-order valence-corrected chi connectivity index (χ1v) is 34.8. The third-order valence-corrected chi connectivity index (χ3v) is 24.9. The van der Waals surface area contributed by atoms with Crippen molar-refractivity contribution in [2.45, 2.75) is 259 Å². The maximum atomic E-state index is 15.9. The van der Waals surface area contributed by atoms with Crippen LogP contribution in [0, 0.1) is 50.2 Å². The molecule has 102 heavy (non-hydrogen) atoms. The van der Waals surface area contributed by atoms with Crippen LogP contribution in [0.25, 0.3) is 6.08 Å². The lowest BCUT2D eigenvalue weighted by Crippen LogP contribution is -2.71. The molecule has 576 valence electrons. The van der Waals surface area contributed by atoms with Gasteiger partial charge in [0, 0.05) is 11.5 Å². The predicted molar refractivity (Wildman–Crippen MR) is 340 cm³/mol. The molecule has 10 aliphatic rings. The van der Waals surface area contributed by atoms with Crippen molar-refractivity contribution >= 4 is 24.0 Å². The van der Waals surface area contributed by atoms with Gasteiger partial charge in [0.15, 0.2) is 55.2 Å². The Morgan fingerprint density at radius 3 is 1.79 bits per heavy atom. The molecular weight excluding hydrogens is 1360 g/mol. The topological polar surface area (TPSA) is 515 Å². The average Bonchev–Trinajstić information content (AvgIpc) is 0.725. The summed E-state index contributed by atoms with van der Waals surface area (Å²) < 4.78 is 75.4. The highest BCUT2D eigenvalue weighted by atomic mass is 16.8. The molecule has 5 saturated heterocycles. The zero-order valence-electron chi connectivity index (χ0n) is 58.0. The number of hydrogen-bond acceptors (Lipinski definition) is 32. The number of carboxylic acids is 1. The van der Waals surface area contributed by atoms with Crippen molar-refractivity contribution in [3.8, 4) is 11.5 Å². The summed E-state index contributed by atoms with van der Waals surface area (Å²) in [6.45, 7) is 8.44. The third kappa shape index (κ3) is 13.6. The van der Waals surface area contributed by atoms with Crippen molar-refractivity contribution in [3.63, 3.8) is 0 Å². The molecule has 0 spiro atoms. The minimum atomic E-state index is -2.29. The molecule has 1 aromatic carbocycles. The number of fused-ring (bicyclic) bond motifs is 7. The smallest absolute Gasteiger partial charge is 0.331 e. The van der Waals surface area contributed by atoms with E-state index in [9.17, 15) is 96.4 Å². The van der Waals surface area contributed by atoms with Gasteiger partial charge in [-0.05, 0) is 129 Å². The van der Waals surface area contributed by atoms with Gasteiger partial charge in [-0.25, -0.2) is 4.79 Å². The van der Waals surface area contributed by atoms with E-state index in [0.717, 1.165) is 11.6 Å². The van der Waals surface area contributed by atoms with Crippen LogP contribution >= 0.6 is 0 Å². The van der Waals surface area contributed by atoms with Gasteiger partial charge < -0.3 is 148 Å². The molecule has 17 N–H and O–H groups in total. The fourth-order valence-corrected chi connectivity index (χ4v) is 19.0. The van der Waals surface area contributed by atoms with E-state index >= 15 is 4.79 Å². The first-order chi connectivity index (χ1) is 48.0. The van der Waals surface area contributed by atoms with Crippen molar-refractivity contribution < 1.29 is 163 Å². The quantitative estimate of drug-likeness (QED) is 0.0263. The van der Waals surface area contributed by atoms with Crippen LogP contribution in [0.4, 0.5) is 0 Å². The van der Waals surface area contributed by atoms with Gasteiger partial charge in [-0.1, -0.05) is 45.4 Å². The highest BCUT2D eigenvalue weighted by molar-refractivity contribution is 5.87. The van der Waals surface area contributed by atoms with Crippen molar-refractivity contribution in [2.75, 3.05) is 40.6 Å². The van der Waals surface area contributed by atoms with Gasteiger partial charge in [0.2, 0.25) is 6.29 Å². The van der Waals surface area contributed by atoms with Crippen molar-refractivity contribution in [2.24, 2.45) is 50.2 Å². The van der Waals surface area contributed by atoms with Crippen LogP contribution < -0.4 is 9.47 Å². The number of ether oxygens (including phenoxy) is 13. The zero-order valence-corrected chi connectivity index (χ0v) is 58.0. The second-order valence-corrected chi connectivity index (χ2v) is 31.0. The van der Waals surface area contributed by atoms with Gasteiger partial charge in [-0.3, -0.25) is 9.59 Å². The molecule has 5 aliphatic heterocycles. The van der Waals surface area contributed by atoms with Gasteiger partial charge in [-0.15, -0.1) is 0 Å². The van der Waals surface area contributed by atoms with Gasteiger partial charge in [-0.2, -0.15) is 0 Å². The molecular formula is C69H102O33. The molecule has 0 bridgehead atoms. The Morgan fingerprint density at radius 2 is 1.16 bits per heavy atom. The van der Waals surface area contributed by atoms with E-state index < -0.39 is 254 Å². The SMILES string of the molecule is COc1ccc(C=CC(=O)O[C@@H]2[C@H](O)[C@@H](O[C@@H]3O[C@@H](O)[C@H](O[C@@H]4O[C@H](CO[C@@H]5O[C@H](CO)[C@H](O)[C@H](O)[C@H]5O)[C@H](O)[C@H]4O)[C@@H](O)[C@H]3O)[C@H](OC(=O)[C@]34CCC(C)(C)C[C@H]3C3=CC[C@@H]5[C@@]6(C)C[C@H](O)[C@H](O[C@@H]7O[C@H](CO)[C@@H](O)[C@H](O)[C@H]7O)[C@@](C)(C(=O)O)[C@@H]6CC[C@@]5(C)[C@]3(CO)CC4)O[C@@H]2C)cc1OC. The highest BCUT2D eigenvalue weighted by Gasteiger charge is 2.74. The standard InChI is InChI=1S/C69H102O33/c1-28-52(97-40(74)14-10-29-9-12-33(90-7)34(21-29)91-8)51(85)54(99-60-50(84)46(80)53(56(86)101-60)98-58-47(81)43(77)37(96-58)26-92-57-48(82)44(78)41(75)35(24-70)94-57)61(93-28)102-63(89)68-18-17-64(2,3)22-31(68)30-11-13-38-65(4)23-32(73)55(100-59-49(83)45(79)42(76)36(25-71)95-59)67(6,62(87)88)39(65)15-16-66(38,5)69(30,27-72)20-19-68/h9-12,14,21,28,31-32,35-39,41-61,70-73,75-86H,13,15-20,22-27H2,1-8H3,(H,87,88)/t28-,31+,32+,35-,36-,37-,38-,39-,41+,42-,43+,44+,45+,46+,47-,48-,49-,50-,51+,52+,53-,54-,55+,56-,57-,58+,59+,60-,61+,65-,66-,67+,68+,69+/m1/s1. The number of methoxy groups -OCH3 is 2. The summed E-state index contributed by atoms with van der Waals surface area (Å²) in [5, 5.41) is 188. The third-order valence-electron chi connectivity index (χ3n) is 24.9. The summed E-state index contributed by atoms with van der Waals surface area (Å²) in [5.74, 6) is -4.10. The molecule has 33 nitrogen and oxygen atoms in total. The van der Waals surface area contributed by atoms with Crippen molar-refractivity contribution in [1.82, 2.24) is 0 Å². The summed E-state index contributed by atoms with van der Waals surface area (Å²) in [5.41, 5.74) is -5.22. The number of benzene rings is 1. The lowest BCUT2D eigenvalue weighted by Gasteiger charge is -2.71. The van der Waals surface area contributed by atoms with Crippen molar-refractivity contribution in [1.29, 1.82) is 0 Å². The van der Waals surface area contributed by atoms with E-state index in [-0.39, 0.29) is 32.1 Å². The van der Waals surface area contributed by atoms with Gasteiger partial charge in [0.25, 0.3) is 0 Å². The molecule has 5 aliphatic carbocycles. The molecule has 4 saturated carbocycles. The Kier molecular flexibility index (Phi) is 23.2. The fraction of sp³-hybridized carbons (Fsp3) is 0.812. The van der Waals surface area contributed by atoms with E-state index in [0.29, 0.717) is 42.7 Å². The Balaban J connectivity index is 0.850. The first-order valence-electron chi connectivity index (χ1n) is 34.8. The van der Waals surface area contributed by atoms with Gasteiger partial charge in [0.05, 0.1) is 63.7 Å². The molecule has 0 radical (unpaired) electrons. The van der Waals surface area contributed by atoms with Gasteiger partial charge in [0.1, 0.15) is 97.7 Å². The Bertz CT molecular complexity index is 3190. The number of esters is 2. The van der Waals surface area contributed by atoms with Crippen LogP contribution in [0.3, 0.4) is 0 Å². The second-order valence-electron chi connectivity index (χ2n) is 31.0. The van der Waals surface area contributed by atoms with Crippen LogP contribution in [0.15, 0.2) is 35.9 Å². The summed E-state index contributed by atoms with van der Waals surface area (Å²) >= 11 is 0. The minimum Gasteiger partial charge on any atom is -0.493 e. The van der Waals surface area contributed by atoms with E-state index in [2.05, 4.69) is 20.8 Å². The Hall–Kier alpha value is -4.29. The number of rotatable bonds is 20. The zero-order chi connectivity index (χ0) is 74.4. The molecule has 5 heterocycles. The average molecular weight is 1460 g/mol. The molecule has 0 unspecified atom stereocenters. The van der Waals surface area contributed by atoms with Crippen LogP contribution in [0.1, 0.15) is 105 Å². The molecule has 9 fully saturated rings. The van der Waals surface area contributed by atoms with E-state index in [1.165, 1.54) is 34.1 Å². The Labute approximate surface area is 587 Å². The lowest BCUT2D eigenvalue weighted by atomic mass is 9.33. The Morgan fingerprint density at radius 1 is 0.578 bits per heavy atom. The van der Waals surface area contributed by atoms with Crippen LogP contribution in [0.5, 0.6) is 11.5 Å². The van der Waals surface area contributed by atoms with E-state index in [1.54, 1.807) is 18.2 Å². The van der Waals surface area contributed by atoms with Crippen LogP contribution in [-0.2, 0) is 66.5 Å². The number of carboxylic acid groups (broad SMARTS) is 1. The van der Waals surface area contributed by atoms with Crippen LogP contribution in [-0.4, -0.2) is 305 Å². The molecule has 0 amide bonds. The maximum Gasteiger partial charge on any atom is 0.331 e. The van der Waals surface area contributed by atoms with E-state index in [1.807, 2.05) is 13.0 Å². The number of aliphatic hydroxyl groups excluding tert-OH is 16. The number of hydrogen-bond donors (Lipinski definition) is 17. The molecule has 1 aromatic rings. The summed E-state index contributed by atoms with van der Waals surface area (Å²) in [6.07, 6.45) is -40.0. The number of allylic oxidation sites excluding steroid dienone is 1. The maximum absolute atomic E-state index is 15.9. The molecule has 0 aromatic heterocycles. The van der Waals surface area contributed by atoms with Crippen LogP contribution in [0.2, 0.25) is 0 Å². The van der Waals surface area contributed by atoms with E-state index in [4.69, 9.17) is 61.6 Å². The van der Waals surface area contributed by atoms with Crippen molar-refractivity contribution in [3.05, 3.63) is 41.5 Å². The normalized spacial score (nSPS) is 48.5. The summed E-state index contributed by atoms with van der Waals surface area (Å²) in [7, 11) is 2.88. The largest absolute Gasteiger partial charge is 0.493 e. The first kappa shape index (κ1) is 78.8. The minimum absolute atomic E-state index is 0.0107. The molecule has 34 atom stereocenters. The number of carbonyl (C=O) groups excluding carboxylic acids is 2.